The molecule has 8 saturated heterocycles. The van der Waals surface area contributed by atoms with E-state index in [2.05, 4.69) is 10.6 Å². The lowest BCUT2D eigenvalue weighted by atomic mass is 9.52. The zero-order chi connectivity index (χ0) is 33.0. The Morgan fingerprint density at radius 1 is 0.681 bits per heavy atom. The summed E-state index contributed by atoms with van der Waals surface area (Å²) in [6, 6.07) is 11.2. The van der Waals surface area contributed by atoms with E-state index in [0.29, 0.717) is 16.9 Å². The van der Waals surface area contributed by atoms with Crippen LogP contribution in [0.2, 0.25) is 0 Å². The Kier molecular flexibility index (Phi) is 5.04. The Labute approximate surface area is 283 Å². The van der Waals surface area contributed by atoms with Gasteiger partial charge in [-0.1, -0.05) is 39.8 Å². The van der Waals surface area contributed by atoms with Crippen molar-refractivity contribution in [1.29, 1.82) is 0 Å². The van der Waals surface area contributed by atoms with Crippen LogP contribution >= 0.6 is 43.2 Å². The first-order valence-electron chi connectivity index (χ1n) is 15.0. The topological polar surface area (TPSA) is 146 Å². The summed E-state index contributed by atoms with van der Waals surface area (Å²) in [6.45, 7) is 3.31. The number of rotatable bonds is 1. The number of carbonyl (C=O) groups excluding carboxylic acids is 4. The Morgan fingerprint density at radius 3 is 1.68 bits per heavy atom. The van der Waals surface area contributed by atoms with Crippen molar-refractivity contribution in [2.75, 3.05) is 24.7 Å². The van der Waals surface area contributed by atoms with Crippen molar-refractivity contribution in [1.82, 2.24) is 19.6 Å². The molecule has 47 heavy (non-hydrogen) atoms. The molecule has 0 aliphatic carbocycles. The molecule has 10 aliphatic rings. The highest BCUT2D eigenvalue weighted by molar-refractivity contribution is 8.78. The molecule has 0 aromatic heterocycles. The van der Waals surface area contributed by atoms with Gasteiger partial charge in [0.15, 0.2) is 9.74 Å². The zero-order valence-corrected chi connectivity index (χ0v) is 28.4. The second kappa shape index (κ2) is 8.13. The zero-order valence-electron chi connectivity index (χ0n) is 25.2. The lowest BCUT2D eigenvalue weighted by Crippen LogP contribution is -2.77. The molecular weight excluding hydrogens is 688 g/mol. The van der Waals surface area contributed by atoms with Crippen molar-refractivity contribution in [3.05, 3.63) is 59.4 Å². The molecule has 10 aliphatic heterocycles. The van der Waals surface area contributed by atoms with Crippen LogP contribution in [-0.2, 0) is 30.0 Å². The number of aliphatic hydroxyl groups is 2. The van der Waals surface area contributed by atoms with Crippen LogP contribution in [0.25, 0.3) is 0 Å². The summed E-state index contributed by atoms with van der Waals surface area (Å²) in [5, 5.41) is 33.3. The highest BCUT2D eigenvalue weighted by Gasteiger charge is 2.92. The van der Waals surface area contributed by atoms with Crippen LogP contribution in [-0.4, -0.2) is 112 Å². The Balaban J connectivity index is 1.36. The molecule has 4 bridgehead atoms. The van der Waals surface area contributed by atoms with E-state index in [0.717, 1.165) is 21.6 Å². The second-order valence-corrected chi connectivity index (χ2v) is 19.1. The number of para-hydroxylation sites is 1. The fourth-order valence-electron chi connectivity index (χ4n) is 9.81. The van der Waals surface area contributed by atoms with E-state index < -0.39 is 84.3 Å². The molecule has 244 valence electrons. The fraction of sp³-hybridized carbons (Fsp3) is 0.467. The second-order valence-electron chi connectivity index (χ2n) is 13.6. The molecule has 17 heteroatoms. The Morgan fingerprint density at radius 2 is 1.15 bits per heavy atom. The van der Waals surface area contributed by atoms with Crippen molar-refractivity contribution in [2.24, 2.45) is 0 Å². The van der Waals surface area contributed by atoms with E-state index >= 15 is 4.39 Å². The van der Waals surface area contributed by atoms with Gasteiger partial charge in [0, 0.05) is 25.5 Å². The third kappa shape index (κ3) is 2.47. The van der Waals surface area contributed by atoms with Crippen LogP contribution in [0.4, 0.5) is 15.8 Å². The first-order chi connectivity index (χ1) is 22.2. The molecule has 8 fully saturated rings. The van der Waals surface area contributed by atoms with Crippen LogP contribution in [0, 0.1) is 5.82 Å². The summed E-state index contributed by atoms with van der Waals surface area (Å²) < 4.78 is 15.6. The number of nitrogens with one attached hydrogen (secondary N) is 2. The minimum Gasteiger partial charge on any atom is -0.388 e. The molecule has 10 atom stereocenters. The number of hydrogen-bond donors (Lipinski definition) is 4. The van der Waals surface area contributed by atoms with Crippen molar-refractivity contribution in [3.8, 4) is 0 Å². The maximum absolute atomic E-state index is 15.6. The summed E-state index contributed by atoms with van der Waals surface area (Å²) in [5.41, 5.74) is -2.00. The molecule has 10 heterocycles. The van der Waals surface area contributed by atoms with E-state index in [1.807, 2.05) is 0 Å². The predicted molar refractivity (Wildman–Crippen MR) is 175 cm³/mol. The number of fused-ring (bicyclic) bond motifs is 11. The minimum atomic E-state index is -1.88. The smallest absolute Gasteiger partial charge is 0.264 e. The first kappa shape index (κ1) is 29.1. The van der Waals surface area contributed by atoms with Gasteiger partial charge in [-0.2, -0.15) is 0 Å². The van der Waals surface area contributed by atoms with Crippen LogP contribution in [0.15, 0.2) is 42.5 Å². The molecule has 0 unspecified atom stereocenters. The standard InChI is InChI=1S/C30H27FN6O6S4/c1-25-21(40)36-19-27(13-7-5-6-8-15(13)32-19,17(38)29(36,46-44-25)23(42)34(25)3)28-14-11-12(31)9-10-16(14)33-20(28)37-22(41)26(2)35(4)24(43)30(37,18(28)39)47-45-26/h5-11,17-20,32-33,38-39H,1-4H3/t17-,18-,19+,20+,25-,26-,27+,28+,29-,30-/m0/s1. The van der Waals surface area contributed by atoms with Crippen molar-refractivity contribution >= 4 is 78.2 Å². The van der Waals surface area contributed by atoms with Gasteiger partial charge in [-0.05, 0) is 70.8 Å². The molecule has 2 aromatic carbocycles. The number of hydrogen-bond acceptors (Lipinski definition) is 12. The molecule has 4 amide bonds. The van der Waals surface area contributed by atoms with Gasteiger partial charge in [0.05, 0.1) is 10.8 Å². The fourth-order valence-corrected chi connectivity index (χ4v) is 16.9. The van der Waals surface area contributed by atoms with Gasteiger partial charge in [0.25, 0.3) is 23.6 Å². The van der Waals surface area contributed by atoms with E-state index in [9.17, 15) is 29.4 Å². The Hall–Kier alpha value is -2.83. The minimum absolute atomic E-state index is 0.242. The molecule has 12 nitrogen and oxygen atoms in total. The van der Waals surface area contributed by atoms with Gasteiger partial charge in [0.2, 0.25) is 9.74 Å². The van der Waals surface area contributed by atoms with Crippen molar-refractivity contribution in [3.63, 3.8) is 0 Å². The highest BCUT2D eigenvalue weighted by atomic mass is 33.1. The summed E-state index contributed by atoms with van der Waals surface area (Å²) >= 11 is 0. The number of halogens is 1. The van der Waals surface area contributed by atoms with Crippen LogP contribution in [0.5, 0.6) is 0 Å². The lowest BCUT2D eigenvalue weighted by molar-refractivity contribution is -0.166. The molecule has 2 spiro atoms. The van der Waals surface area contributed by atoms with Crippen molar-refractivity contribution < 1.29 is 33.8 Å². The van der Waals surface area contributed by atoms with Crippen LogP contribution in [0.3, 0.4) is 0 Å². The van der Waals surface area contributed by atoms with E-state index in [1.54, 1.807) is 38.1 Å². The quantitative estimate of drug-likeness (QED) is 0.318. The number of piperazine rings is 2. The lowest BCUT2D eigenvalue weighted by Gasteiger charge is -2.58. The summed E-state index contributed by atoms with van der Waals surface area (Å²) in [6.07, 6.45) is -5.81. The van der Waals surface area contributed by atoms with Crippen molar-refractivity contribution in [2.45, 2.75) is 68.7 Å². The van der Waals surface area contributed by atoms with Gasteiger partial charge in [0.1, 0.15) is 30.4 Å². The maximum atomic E-state index is 15.6. The Bertz CT molecular complexity index is 1950. The first-order valence-corrected chi connectivity index (χ1v) is 19.3. The monoisotopic (exact) mass is 714 g/mol. The largest absolute Gasteiger partial charge is 0.388 e. The average Bonchev–Trinajstić information content (AvgIpc) is 3.70. The number of aliphatic hydroxyl groups excluding tert-OH is 2. The number of anilines is 2. The van der Waals surface area contributed by atoms with Gasteiger partial charge >= 0.3 is 0 Å². The van der Waals surface area contributed by atoms with Gasteiger partial charge < -0.3 is 30.6 Å². The summed E-state index contributed by atoms with van der Waals surface area (Å²) in [4.78, 5) is 57.5. The molecule has 0 saturated carbocycles. The third-order valence-corrected chi connectivity index (χ3v) is 19.5. The molecule has 2 aromatic rings. The van der Waals surface area contributed by atoms with Gasteiger partial charge in [-0.15, -0.1) is 0 Å². The van der Waals surface area contributed by atoms with Crippen LogP contribution in [0.1, 0.15) is 25.0 Å². The number of carbonyl (C=O) groups is 4. The number of benzene rings is 2. The highest BCUT2D eigenvalue weighted by Crippen LogP contribution is 2.78. The molecular formula is C30H27FN6O6S4. The average molecular weight is 715 g/mol. The van der Waals surface area contributed by atoms with Crippen LogP contribution < -0.4 is 10.6 Å². The summed E-state index contributed by atoms with van der Waals surface area (Å²) in [7, 11) is 7.59. The van der Waals surface area contributed by atoms with Gasteiger partial charge in [-0.3, -0.25) is 29.0 Å². The van der Waals surface area contributed by atoms with E-state index in [1.165, 1.54) is 73.5 Å². The normalized spacial score (nSPS) is 46.3. The molecule has 12 rings (SSSR count). The number of nitrogens with zero attached hydrogens (tertiary/aromatic N) is 4. The van der Waals surface area contributed by atoms with Gasteiger partial charge in [-0.25, -0.2) is 4.39 Å². The number of amides is 4. The summed E-state index contributed by atoms with van der Waals surface area (Å²) in [5.74, 6) is -2.48. The molecule has 4 N–H and O–H groups in total. The molecule has 0 radical (unpaired) electrons. The number of likely N-dealkylation sites (N-methyl/N-ethyl adjacent to an activating group) is 2. The predicted octanol–water partition coefficient (Wildman–Crippen LogP) is 1.47. The maximum Gasteiger partial charge on any atom is 0.264 e. The van der Waals surface area contributed by atoms with E-state index in [4.69, 9.17) is 0 Å². The van der Waals surface area contributed by atoms with E-state index in [-0.39, 0.29) is 5.56 Å². The SMILES string of the molecule is CN1C(=O)[C@]23SS[C@@]1(C)C(=O)N2[C@H]1Nc2ccccc2[C@@]1([C@@]12c4cc(F)ccc4N[C@@H]1N1C(=O)[C@]4(C)SS[C@]1(C(=O)N4C)[C@H]2O)[C@@H]3O. The third-order valence-electron chi connectivity index (χ3n) is 12.2.